The zero-order valence-corrected chi connectivity index (χ0v) is 13.0. The summed E-state index contributed by atoms with van der Waals surface area (Å²) < 4.78 is 5.81. The molecule has 1 aliphatic heterocycles. The third-order valence-electron chi connectivity index (χ3n) is 3.73. The van der Waals surface area contributed by atoms with E-state index in [9.17, 15) is 0 Å². The van der Waals surface area contributed by atoms with Crippen LogP contribution in [0.15, 0.2) is 0 Å². The van der Waals surface area contributed by atoms with Crippen LogP contribution in [0.25, 0.3) is 0 Å². The van der Waals surface area contributed by atoms with Crippen LogP contribution in [0.1, 0.15) is 44.5 Å². The highest BCUT2D eigenvalue weighted by Gasteiger charge is 2.29. The zero-order chi connectivity index (χ0) is 14.6. The maximum Gasteiger partial charge on any atom is 0.134 e. The molecule has 5 heteroatoms. The van der Waals surface area contributed by atoms with Gasteiger partial charge in [0.25, 0.3) is 0 Å². The Morgan fingerprint density at radius 1 is 1.20 bits per heavy atom. The smallest absolute Gasteiger partial charge is 0.134 e. The van der Waals surface area contributed by atoms with Gasteiger partial charge in [-0.05, 0) is 40.0 Å². The first-order valence-corrected chi connectivity index (χ1v) is 7.51. The van der Waals surface area contributed by atoms with Gasteiger partial charge in [-0.3, -0.25) is 0 Å². The SMILES string of the molecule is CCCNc1nc(C)nc(NCC2(C)CCCO2)c1C. The van der Waals surface area contributed by atoms with Crippen LogP contribution in [0.5, 0.6) is 0 Å². The first kappa shape index (κ1) is 15.0. The van der Waals surface area contributed by atoms with Gasteiger partial charge >= 0.3 is 0 Å². The molecule has 0 aromatic carbocycles. The quantitative estimate of drug-likeness (QED) is 0.838. The van der Waals surface area contributed by atoms with Crippen LogP contribution >= 0.6 is 0 Å². The van der Waals surface area contributed by atoms with Crippen LogP contribution in [0.2, 0.25) is 0 Å². The molecule has 0 saturated carbocycles. The van der Waals surface area contributed by atoms with Crippen molar-refractivity contribution in [1.29, 1.82) is 0 Å². The number of anilines is 2. The molecular formula is C15H26N4O. The fourth-order valence-corrected chi connectivity index (χ4v) is 2.46. The Bertz CT molecular complexity index is 455. The number of nitrogens with zero attached hydrogens (tertiary/aromatic N) is 2. The van der Waals surface area contributed by atoms with Crippen LogP contribution in [0.4, 0.5) is 11.6 Å². The van der Waals surface area contributed by atoms with Gasteiger partial charge < -0.3 is 15.4 Å². The summed E-state index contributed by atoms with van der Waals surface area (Å²) >= 11 is 0. The molecule has 112 valence electrons. The third-order valence-corrected chi connectivity index (χ3v) is 3.73. The van der Waals surface area contributed by atoms with Gasteiger partial charge in [0.1, 0.15) is 17.5 Å². The van der Waals surface area contributed by atoms with E-state index < -0.39 is 0 Å². The topological polar surface area (TPSA) is 59.1 Å². The van der Waals surface area contributed by atoms with E-state index >= 15 is 0 Å². The van der Waals surface area contributed by atoms with Crippen LogP contribution < -0.4 is 10.6 Å². The van der Waals surface area contributed by atoms with Crippen molar-refractivity contribution in [3.05, 3.63) is 11.4 Å². The molecule has 5 nitrogen and oxygen atoms in total. The Morgan fingerprint density at radius 3 is 2.50 bits per heavy atom. The van der Waals surface area contributed by atoms with Crippen molar-refractivity contribution in [2.24, 2.45) is 0 Å². The van der Waals surface area contributed by atoms with E-state index in [0.717, 1.165) is 62.0 Å². The highest BCUT2D eigenvalue weighted by molar-refractivity contribution is 5.57. The number of hydrogen-bond acceptors (Lipinski definition) is 5. The first-order valence-electron chi connectivity index (χ1n) is 7.51. The molecule has 1 aromatic heterocycles. The third kappa shape index (κ3) is 3.60. The average molecular weight is 278 g/mol. The summed E-state index contributed by atoms with van der Waals surface area (Å²) in [7, 11) is 0. The molecule has 1 aromatic rings. The summed E-state index contributed by atoms with van der Waals surface area (Å²) in [6, 6.07) is 0. The average Bonchev–Trinajstić information content (AvgIpc) is 2.85. The molecule has 0 aliphatic carbocycles. The van der Waals surface area contributed by atoms with Gasteiger partial charge in [0.15, 0.2) is 0 Å². The number of hydrogen-bond donors (Lipinski definition) is 2. The second kappa shape index (κ2) is 6.39. The van der Waals surface area contributed by atoms with Crippen molar-refractivity contribution >= 4 is 11.6 Å². The van der Waals surface area contributed by atoms with Gasteiger partial charge in [0.2, 0.25) is 0 Å². The Balaban J connectivity index is 2.08. The Kier molecular flexibility index (Phi) is 4.81. The molecule has 0 radical (unpaired) electrons. The number of aryl methyl sites for hydroxylation is 1. The van der Waals surface area contributed by atoms with Crippen molar-refractivity contribution < 1.29 is 4.74 Å². The largest absolute Gasteiger partial charge is 0.373 e. The molecule has 1 fully saturated rings. The Hall–Kier alpha value is -1.36. The summed E-state index contributed by atoms with van der Waals surface area (Å²) in [5, 5.41) is 6.80. The fourth-order valence-electron chi connectivity index (χ4n) is 2.46. The number of ether oxygens (including phenoxy) is 1. The zero-order valence-electron chi connectivity index (χ0n) is 13.0. The van der Waals surface area contributed by atoms with Crippen molar-refractivity contribution in [1.82, 2.24) is 9.97 Å². The molecule has 1 atom stereocenters. The lowest BCUT2D eigenvalue weighted by Gasteiger charge is -2.24. The summed E-state index contributed by atoms with van der Waals surface area (Å²) in [4.78, 5) is 8.99. The minimum atomic E-state index is -0.0672. The van der Waals surface area contributed by atoms with Gasteiger partial charge in [-0.15, -0.1) is 0 Å². The summed E-state index contributed by atoms with van der Waals surface area (Å²) in [6.45, 7) is 10.9. The van der Waals surface area contributed by atoms with Crippen molar-refractivity contribution in [3.63, 3.8) is 0 Å². The van der Waals surface area contributed by atoms with Crippen LogP contribution in [0.3, 0.4) is 0 Å². The van der Waals surface area contributed by atoms with E-state index in [4.69, 9.17) is 4.74 Å². The van der Waals surface area contributed by atoms with E-state index in [1.807, 2.05) is 6.92 Å². The van der Waals surface area contributed by atoms with Gasteiger partial charge in [-0.2, -0.15) is 0 Å². The van der Waals surface area contributed by atoms with Crippen molar-refractivity contribution in [2.45, 2.75) is 52.6 Å². The van der Waals surface area contributed by atoms with E-state index in [2.05, 4.69) is 41.4 Å². The molecule has 1 unspecified atom stereocenters. The molecular weight excluding hydrogens is 252 g/mol. The fraction of sp³-hybridized carbons (Fsp3) is 0.733. The maximum absolute atomic E-state index is 5.81. The number of rotatable bonds is 6. The molecule has 2 N–H and O–H groups in total. The monoisotopic (exact) mass is 278 g/mol. The molecule has 0 amide bonds. The highest BCUT2D eigenvalue weighted by Crippen LogP contribution is 2.26. The van der Waals surface area contributed by atoms with Gasteiger partial charge in [0, 0.05) is 25.3 Å². The van der Waals surface area contributed by atoms with Crippen molar-refractivity contribution in [2.75, 3.05) is 30.3 Å². The standard InChI is InChI=1S/C15H26N4O/c1-5-8-16-13-11(2)14(19-12(3)18-13)17-10-15(4)7-6-9-20-15/h5-10H2,1-4H3,(H2,16,17,18,19). The molecule has 2 rings (SSSR count). The molecule has 1 saturated heterocycles. The van der Waals surface area contributed by atoms with Gasteiger partial charge in [-0.1, -0.05) is 6.92 Å². The molecule has 0 bridgehead atoms. The van der Waals surface area contributed by atoms with Gasteiger partial charge in [0.05, 0.1) is 5.60 Å². The Morgan fingerprint density at radius 2 is 1.90 bits per heavy atom. The number of aromatic nitrogens is 2. The molecule has 0 spiro atoms. The molecule has 20 heavy (non-hydrogen) atoms. The lowest BCUT2D eigenvalue weighted by molar-refractivity contribution is 0.0314. The highest BCUT2D eigenvalue weighted by atomic mass is 16.5. The normalized spacial score (nSPS) is 22.0. The molecule has 2 heterocycles. The second-order valence-corrected chi connectivity index (χ2v) is 5.78. The van der Waals surface area contributed by atoms with Crippen LogP contribution in [-0.4, -0.2) is 35.3 Å². The van der Waals surface area contributed by atoms with Gasteiger partial charge in [-0.25, -0.2) is 9.97 Å². The van der Waals surface area contributed by atoms with Crippen LogP contribution in [-0.2, 0) is 4.74 Å². The maximum atomic E-state index is 5.81. The van der Waals surface area contributed by atoms with Crippen LogP contribution in [0, 0.1) is 13.8 Å². The van der Waals surface area contributed by atoms with E-state index in [1.54, 1.807) is 0 Å². The first-order chi connectivity index (χ1) is 9.54. The van der Waals surface area contributed by atoms with Crippen molar-refractivity contribution in [3.8, 4) is 0 Å². The predicted octanol–water partition coefficient (Wildman–Crippen LogP) is 2.90. The summed E-state index contributed by atoms with van der Waals surface area (Å²) in [6.07, 6.45) is 3.32. The van der Waals surface area contributed by atoms with E-state index in [1.165, 1.54) is 0 Å². The minimum Gasteiger partial charge on any atom is -0.373 e. The predicted molar refractivity (Wildman–Crippen MR) is 82.4 cm³/mol. The number of nitrogens with one attached hydrogen (secondary N) is 2. The molecule has 1 aliphatic rings. The van der Waals surface area contributed by atoms with E-state index in [0.29, 0.717) is 0 Å². The Labute approximate surface area is 121 Å². The summed E-state index contributed by atoms with van der Waals surface area (Å²) in [5.74, 6) is 2.63. The lowest BCUT2D eigenvalue weighted by atomic mass is 10.0. The second-order valence-electron chi connectivity index (χ2n) is 5.78. The summed E-state index contributed by atoms with van der Waals surface area (Å²) in [5.41, 5.74) is 1.01. The lowest BCUT2D eigenvalue weighted by Crippen LogP contribution is -2.33. The minimum absolute atomic E-state index is 0.0672. The van der Waals surface area contributed by atoms with E-state index in [-0.39, 0.29) is 5.60 Å².